The number of rotatable bonds is 17. The molecule has 0 radical (unpaired) electrons. The van der Waals surface area contributed by atoms with Crippen LogP contribution in [0.15, 0.2) is 12.5 Å². The van der Waals surface area contributed by atoms with Crippen LogP contribution in [0.3, 0.4) is 0 Å². The van der Waals surface area contributed by atoms with Gasteiger partial charge in [0.1, 0.15) is 23.9 Å². The van der Waals surface area contributed by atoms with Crippen LogP contribution < -0.4 is 11.5 Å². The molecule has 2 aromatic rings. The van der Waals surface area contributed by atoms with E-state index >= 15 is 0 Å². The lowest BCUT2D eigenvalue weighted by Crippen LogP contribution is -2.19. The Kier molecular flexibility index (Phi) is 13.3. The Labute approximate surface area is 249 Å². The number of hydrogen-bond donors (Lipinski definition) is 3. The third-order valence-electron chi connectivity index (χ3n) is 6.27. The number of ether oxygens (including phenoxy) is 1. The summed E-state index contributed by atoms with van der Waals surface area (Å²) in [6.07, 6.45) is 4.86. The molecule has 0 aliphatic carbocycles. The van der Waals surface area contributed by atoms with E-state index in [1.165, 1.54) is 6.33 Å². The zero-order valence-electron chi connectivity index (χ0n) is 24.3. The molecular weight excluding hydrogens is 631 g/mol. The number of hydrogen-bond acceptors (Lipinski definition) is 16. The van der Waals surface area contributed by atoms with E-state index in [-0.39, 0.29) is 12.2 Å². The summed E-state index contributed by atoms with van der Waals surface area (Å²) in [5, 5.41) is 11.4. The van der Waals surface area contributed by atoms with Gasteiger partial charge in [0.2, 0.25) is 0 Å². The van der Waals surface area contributed by atoms with Crippen LogP contribution in [0, 0.1) is 11.8 Å². The van der Waals surface area contributed by atoms with Crippen molar-refractivity contribution in [3.05, 3.63) is 18.1 Å². The van der Waals surface area contributed by atoms with Gasteiger partial charge in [0.05, 0.1) is 23.7 Å². The highest BCUT2D eigenvalue weighted by molar-refractivity contribution is 7.67. The van der Waals surface area contributed by atoms with E-state index in [9.17, 15) is 18.8 Å². The Bertz CT molecular complexity index is 1420. The summed E-state index contributed by atoms with van der Waals surface area (Å²) in [5.41, 5.74) is 12.6. The summed E-state index contributed by atoms with van der Waals surface area (Å²) in [6.45, 7) is 0.229. The number of phosphoric acid groups is 3. The Balaban J connectivity index is 1.72. The summed E-state index contributed by atoms with van der Waals surface area (Å²) in [4.78, 5) is 8.39. The summed E-state index contributed by atoms with van der Waals surface area (Å²) in [6, 6.07) is 0. The molecule has 242 valence electrons. The van der Waals surface area contributed by atoms with E-state index in [1.54, 1.807) is 10.8 Å². The van der Waals surface area contributed by atoms with Crippen LogP contribution in [0.25, 0.3) is 11.0 Å². The van der Waals surface area contributed by atoms with Crippen molar-refractivity contribution in [3.63, 3.8) is 0 Å². The second kappa shape index (κ2) is 16.0. The van der Waals surface area contributed by atoms with Gasteiger partial charge in [-0.2, -0.15) is 8.62 Å². The zero-order valence-corrected chi connectivity index (χ0v) is 27.0. The molecule has 3 rings (SSSR count). The summed E-state index contributed by atoms with van der Waals surface area (Å²) >= 11 is 0. The minimum atomic E-state index is -4.84. The van der Waals surface area contributed by atoms with E-state index in [4.69, 9.17) is 33.9 Å². The topological polar surface area (TPSA) is 228 Å². The number of aliphatic hydroxyl groups is 1. The van der Waals surface area contributed by atoms with Gasteiger partial charge in [0, 0.05) is 47.5 Å². The van der Waals surface area contributed by atoms with E-state index in [1.807, 2.05) is 0 Å². The van der Waals surface area contributed by atoms with Crippen molar-refractivity contribution in [3.8, 4) is 11.8 Å². The Morgan fingerprint density at radius 1 is 1.00 bits per heavy atom. The van der Waals surface area contributed by atoms with E-state index in [0.29, 0.717) is 29.6 Å². The fraction of sp³-hybridized carbons (Fsp3) is 0.652. The smallest absolute Gasteiger partial charge is 0.388 e. The van der Waals surface area contributed by atoms with Crippen LogP contribution in [0.5, 0.6) is 0 Å². The lowest BCUT2D eigenvalue weighted by atomic mass is 10.1. The van der Waals surface area contributed by atoms with E-state index in [0.717, 1.165) is 54.1 Å². The molecule has 1 fully saturated rings. The average Bonchev–Trinajstić information content (AvgIpc) is 3.55. The standard InChI is InChI=1S/C23H38N5O12P3/c1-33-41(30,34-2)39-43(32,36-4)40-42(31,35-3)37-15-18-13-19(29)23(38-18)28-14-17(11-9-7-5-6-8-10-12-24)20-21(25)26-16-27-22(20)28/h14,16,18-19,23,29H,5-8,10,12-13,15,24H2,1-4H3,(H2,25,26,27)/t18-,19?,23+,42?,43?/m0/s1. The van der Waals surface area contributed by atoms with Crippen molar-refractivity contribution in [2.45, 2.75) is 57.0 Å². The molecule has 0 spiro atoms. The first-order valence-electron chi connectivity index (χ1n) is 13.2. The van der Waals surface area contributed by atoms with Crippen LogP contribution in [0.1, 0.15) is 50.3 Å². The highest BCUT2D eigenvalue weighted by Gasteiger charge is 2.46. The second-order valence-electron chi connectivity index (χ2n) is 9.14. The number of nitrogens with zero attached hydrogens (tertiary/aromatic N) is 3. The fourth-order valence-electron chi connectivity index (χ4n) is 4.11. The molecule has 0 amide bonds. The first-order chi connectivity index (χ1) is 20.5. The summed E-state index contributed by atoms with van der Waals surface area (Å²) in [5.74, 6) is 6.48. The number of fused-ring (bicyclic) bond motifs is 1. The maximum Gasteiger partial charge on any atom is 0.492 e. The molecular formula is C23H38N5O12P3. The predicted molar refractivity (Wildman–Crippen MR) is 154 cm³/mol. The third kappa shape index (κ3) is 9.39. The van der Waals surface area contributed by atoms with Crippen molar-refractivity contribution in [1.29, 1.82) is 0 Å². The number of unbranched alkanes of at least 4 members (excludes halogenated alkanes) is 4. The van der Waals surface area contributed by atoms with E-state index < -0.39 is 48.5 Å². The number of phosphoric ester groups is 2. The highest BCUT2D eigenvalue weighted by atomic mass is 31.3. The Hall–Kier alpha value is -1.73. The molecule has 2 aromatic heterocycles. The molecule has 1 aliphatic rings. The van der Waals surface area contributed by atoms with Crippen LogP contribution in [-0.4, -0.2) is 73.4 Å². The molecule has 0 bridgehead atoms. The largest absolute Gasteiger partial charge is 0.492 e. The van der Waals surface area contributed by atoms with Crippen LogP contribution in [0.4, 0.5) is 5.82 Å². The normalized spacial score (nSPS) is 21.8. The maximum absolute atomic E-state index is 13.1. The van der Waals surface area contributed by atoms with Gasteiger partial charge in [0.15, 0.2) is 6.23 Å². The number of aliphatic hydroxyl groups excluding tert-OH is 1. The van der Waals surface area contributed by atoms with Crippen LogP contribution in [0.2, 0.25) is 0 Å². The molecule has 43 heavy (non-hydrogen) atoms. The van der Waals surface area contributed by atoms with Gasteiger partial charge in [-0.3, -0.25) is 22.6 Å². The molecule has 5 N–H and O–H groups in total. The summed E-state index contributed by atoms with van der Waals surface area (Å²) in [7, 11) is -10.1. The van der Waals surface area contributed by atoms with Crippen molar-refractivity contribution < 1.29 is 54.8 Å². The summed E-state index contributed by atoms with van der Waals surface area (Å²) < 4.78 is 79.2. The third-order valence-corrected chi connectivity index (χ3v) is 11.7. The lowest BCUT2D eigenvalue weighted by Gasteiger charge is -2.23. The Morgan fingerprint density at radius 2 is 1.65 bits per heavy atom. The van der Waals surface area contributed by atoms with Crippen molar-refractivity contribution in [1.82, 2.24) is 14.5 Å². The molecule has 3 heterocycles. The van der Waals surface area contributed by atoms with Crippen molar-refractivity contribution >= 4 is 40.3 Å². The zero-order chi connectivity index (χ0) is 31.7. The molecule has 1 saturated heterocycles. The van der Waals surface area contributed by atoms with Gasteiger partial charge in [-0.1, -0.05) is 24.7 Å². The van der Waals surface area contributed by atoms with Crippen molar-refractivity contribution in [2.24, 2.45) is 5.73 Å². The van der Waals surface area contributed by atoms with Gasteiger partial charge < -0.3 is 25.9 Å². The minimum absolute atomic E-state index is 0.0411. The molecule has 5 atom stereocenters. The van der Waals surface area contributed by atoms with Gasteiger partial charge in [0.25, 0.3) is 0 Å². The van der Waals surface area contributed by atoms with Gasteiger partial charge in [-0.25, -0.2) is 23.7 Å². The molecule has 0 saturated carbocycles. The highest BCUT2D eigenvalue weighted by Crippen LogP contribution is 2.72. The van der Waals surface area contributed by atoms with E-state index in [2.05, 4.69) is 35.4 Å². The monoisotopic (exact) mass is 669 g/mol. The molecule has 17 nitrogen and oxygen atoms in total. The lowest BCUT2D eigenvalue weighted by molar-refractivity contribution is -0.0483. The van der Waals surface area contributed by atoms with Gasteiger partial charge >= 0.3 is 23.5 Å². The van der Waals surface area contributed by atoms with Gasteiger partial charge in [-0.15, -0.1) is 0 Å². The molecule has 3 unspecified atom stereocenters. The number of nitrogens with two attached hydrogens (primary N) is 2. The minimum Gasteiger partial charge on any atom is -0.388 e. The SMILES string of the molecule is COP(=O)(OC)OP(=O)(OC)OP(=O)(OC)OC[C@@H]1CC(O)[C@H](n2cc(C#CCCCCCCN)c3c(N)ncnc32)O1. The first-order valence-corrected chi connectivity index (χ1v) is 17.6. The maximum atomic E-state index is 13.1. The predicted octanol–water partition coefficient (Wildman–Crippen LogP) is 3.88. The average molecular weight is 670 g/mol. The van der Waals surface area contributed by atoms with Gasteiger partial charge in [-0.05, 0) is 19.4 Å². The quantitative estimate of drug-likeness (QED) is 0.123. The number of anilines is 1. The molecule has 20 heteroatoms. The second-order valence-corrected chi connectivity index (χ2v) is 14.9. The fourth-order valence-corrected chi connectivity index (χ4v) is 8.58. The number of aromatic nitrogens is 3. The van der Waals surface area contributed by atoms with Crippen LogP contribution in [-0.2, 0) is 49.7 Å². The Morgan fingerprint density at radius 3 is 2.30 bits per heavy atom. The first kappa shape index (κ1) is 35.7. The number of nitrogen functional groups attached to an aromatic ring is 1. The molecule has 1 aliphatic heterocycles. The molecule has 0 aromatic carbocycles. The van der Waals surface area contributed by atoms with Crippen molar-refractivity contribution in [2.75, 3.05) is 47.3 Å². The van der Waals surface area contributed by atoms with Crippen LogP contribution >= 0.6 is 23.5 Å².